The molecule has 2 aromatic rings. The molecule has 1 aliphatic rings. The van der Waals surface area contributed by atoms with Gasteiger partial charge in [0.25, 0.3) is 0 Å². The second-order valence-corrected chi connectivity index (χ2v) is 9.36. The van der Waals surface area contributed by atoms with Crippen LogP contribution in [0.3, 0.4) is 0 Å². The summed E-state index contributed by atoms with van der Waals surface area (Å²) in [7, 11) is -3.77. The Hall–Kier alpha value is -2.91. The van der Waals surface area contributed by atoms with E-state index in [1.54, 1.807) is 4.90 Å². The molecule has 0 N–H and O–H groups in total. The predicted octanol–water partition coefficient (Wildman–Crippen LogP) is 2.34. The number of benzene rings is 2. The normalized spacial score (nSPS) is 14.8. The standard InChI is InChI=1S/C23H28N2O6S/c1-3-19-6-4-8-21(16-19)30-14-15-31-23(27)20-7-5-9-22(17-20)32(28,29)25-12-10-24(11-13-25)18(2)26/h4-9,16-17H,3,10-15H2,1-2H3. The van der Waals surface area contributed by atoms with Crippen molar-refractivity contribution in [2.45, 2.75) is 25.2 Å². The summed E-state index contributed by atoms with van der Waals surface area (Å²) in [4.78, 5) is 25.5. The summed E-state index contributed by atoms with van der Waals surface area (Å²) in [5, 5.41) is 0. The second kappa shape index (κ2) is 10.6. The molecule has 1 fully saturated rings. The van der Waals surface area contributed by atoms with Crippen molar-refractivity contribution in [3.05, 3.63) is 59.7 Å². The zero-order valence-corrected chi connectivity index (χ0v) is 19.1. The first-order valence-electron chi connectivity index (χ1n) is 10.6. The van der Waals surface area contributed by atoms with Crippen LogP contribution in [0, 0.1) is 0 Å². The topological polar surface area (TPSA) is 93.2 Å². The maximum atomic E-state index is 13.0. The quantitative estimate of drug-likeness (QED) is 0.443. The lowest BCUT2D eigenvalue weighted by Gasteiger charge is -2.33. The molecule has 3 rings (SSSR count). The number of ether oxygens (including phenoxy) is 2. The highest BCUT2D eigenvalue weighted by molar-refractivity contribution is 7.89. The van der Waals surface area contributed by atoms with E-state index >= 15 is 0 Å². The Bertz CT molecular complexity index is 1060. The Balaban J connectivity index is 1.56. The van der Waals surface area contributed by atoms with Gasteiger partial charge in [-0.25, -0.2) is 13.2 Å². The number of carbonyl (C=O) groups excluding carboxylic acids is 2. The van der Waals surface area contributed by atoms with E-state index in [1.165, 1.54) is 35.5 Å². The Morgan fingerprint density at radius 1 is 0.969 bits per heavy atom. The van der Waals surface area contributed by atoms with Gasteiger partial charge in [-0.3, -0.25) is 4.79 Å². The van der Waals surface area contributed by atoms with Crippen LogP contribution < -0.4 is 4.74 Å². The molecule has 1 amide bonds. The van der Waals surface area contributed by atoms with E-state index in [9.17, 15) is 18.0 Å². The number of rotatable bonds is 8. The SMILES string of the molecule is CCc1cccc(OCCOC(=O)c2cccc(S(=O)(=O)N3CCN(C(C)=O)CC3)c2)c1. The number of sulfonamides is 1. The average Bonchev–Trinajstić information content (AvgIpc) is 2.82. The fourth-order valence-corrected chi connectivity index (χ4v) is 4.88. The van der Waals surface area contributed by atoms with Gasteiger partial charge in [-0.05, 0) is 42.3 Å². The summed E-state index contributed by atoms with van der Waals surface area (Å²) in [5.41, 5.74) is 1.31. The number of piperazine rings is 1. The summed E-state index contributed by atoms with van der Waals surface area (Å²) in [6.07, 6.45) is 0.901. The number of hydrogen-bond acceptors (Lipinski definition) is 6. The molecular weight excluding hydrogens is 432 g/mol. The molecule has 172 valence electrons. The number of aryl methyl sites for hydroxylation is 1. The van der Waals surface area contributed by atoms with Gasteiger partial charge in [0.2, 0.25) is 15.9 Å². The molecule has 1 saturated heterocycles. The fourth-order valence-electron chi connectivity index (χ4n) is 3.41. The van der Waals surface area contributed by atoms with Crippen molar-refractivity contribution in [1.29, 1.82) is 0 Å². The highest BCUT2D eigenvalue weighted by atomic mass is 32.2. The molecule has 0 saturated carbocycles. The van der Waals surface area contributed by atoms with Crippen LogP contribution in [-0.4, -0.2) is 68.9 Å². The third-order valence-corrected chi connectivity index (χ3v) is 7.18. The third-order valence-electron chi connectivity index (χ3n) is 5.28. The third kappa shape index (κ3) is 5.86. The maximum absolute atomic E-state index is 13.0. The number of nitrogens with zero attached hydrogens (tertiary/aromatic N) is 2. The van der Waals surface area contributed by atoms with E-state index < -0.39 is 16.0 Å². The van der Waals surface area contributed by atoms with E-state index in [0.29, 0.717) is 18.8 Å². The smallest absolute Gasteiger partial charge is 0.338 e. The molecule has 9 heteroatoms. The van der Waals surface area contributed by atoms with Crippen LogP contribution in [0.2, 0.25) is 0 Å². The lowest BCUT2D eigenvalue weighted by atomic mass is 10.2. The van der Waals surface area contributed by atoms with Gasteiger partial charge in [0.05, 0.1) is 10.5 Å². The fraction of sp³-hybridized carbons (Fsp3) is 0.391. The van der Waals surface area contributed by atoms with E-state index in [1.807, 2.05) is 24.3 Å². The van der Waals surface area contributed by atoms with E-state index in [-0.39, 0.29) is 42.7 Å². The number of esters is 1. The van der Waals surface area contributed by atoms with Crippen molar-refractivity contribution >= 4 is 21.9 Å². The van der Waals surface area contributed by atoms with Gasteiger partial charge in [0, 0.05) is 33.1 Å². The van der Waals surface area contributed by atoms with Gasteiger partial charge < -0.3 is 14.4 Å². The molecule has 0 atom stereocenters. The summed E-state index contributed by atoms with van der Waals surface area (Å²) in [5.74, 6) is 0.0153. The maximum Gasteiger partial charge on any atom is 0.338 e. The number of amides is 1. The van der Waals surface area contributed by atoms with Crippen molar-refractivity contribution in [2.24, 2.45) is 0 Å². The highest BCUT2D eigenvalue weighted by Gasteiger charge is 2.29. The van der Waals surface area contributed by atoms with E-state index in [4.69, 9.17) is 9.47 Å². The molecule has 0 bridgehead atoms. The Kier molecular flexibility index (Phi) is 7.87. The van der Waals surface area contributed by atoms with Crippen molar-refractivity contribution in [2.75, 3.05) is 39.4 Å². The van der Waals surface area contributed by atoms with Crippen LogP contribution in [0.1, 0.15) is 29.8 Å². The number of carbonyl (C=O) groups is 2. The second-order valence-electron chi connectivity index (χ2n) is 7.42. The minimum absolute atomic E-state index is 0.0239. The molecule has 0 aliphatic carbocycles. The first kappa shape index (κ1) is 23.7. The first-order valence-corrected chi connectivity index (χ1v) is 12.0. The highest BCUT2D eigenvalue weighted by Crippen LogP contribution is 2.20. The van der Waals surface area contributed by atoms with Crippen LogP contribution in [0.4, 0.5) is 0 Å². The van der Waals surface area contributed by atoms with Crippen LogP contribution >= 0.6 is 0 Å². The van der Waals surface area contributed by atoms with Crippen molar-refractivity contribution in [3.8, 4) is 5.75 Å². The summed E-state index contributed by atoms with van der Waals surface area (Å²) >= 11 is 0. The minimum atomic E-state index is -3.77. The zero-order chi connectivity index (χ0) is 23.1. The van der Waals surface area contributed by atoms with Gasteiger partial charge in [-0.2, -0.15) is 4.31 Å². The Morgan fingerprint density at radius 2 is 1.69 bits per heavy atom. The van der Waals surface area contributed by atoms with Gasteiger partial charge >= 0.3 is 5.97 Å². The molecule has 0 radical (unpaired) electrons. The summed E-state index contributed by atoms with van der Waals surface area (Å²) < 4.78 is 38.1. The molecule has 0 aromatic heterocycles. The Morgan fingerprint density at radius 3 is 2.38 bits per heavy atom. The lowest BCUT2D eigenvalue weighted by Crippen LogP contribution is -2.49. The van der Waals surface area contributed by atoms with Gasteiger partial charge in [-0.15, -0.1) is 0 Å². The molecule has 1 aliphatic heterocycles. The monoisotopic (exact) mass is 460 g/mol. The van der Waals surface area contributed by atoms with Gasteiger partial charge in [0.1, 0.15) is 19.0 Å². The average molecular weight is 461 g/mol. The molecule has 0 spiro atoms. The van der Waals surface area contributed by atoms with Crippen LogP contribution in [0.15, 0.2) is 53.4 Å². The summed E-state index contributed by atoms with van der Waals surface area (Å²) in [6, 6.07) is 13.5. The van der Waals surface area contributed by atoms with E-state index in [0.717, 1.165) is 12.0 Å². The van der Waals surface area contributed by atoms with Crippen molar-refractivity contribution in [1.82, 2.24) is 9.21 Å². The molecule has 8 nitrogen and oxygen atoms in total. The van der Waals surface area contributed by atoms with Crippen molar-refractivity contribution in [3.63, 3.8) is 0 Å². The Labute approximate surface area is 188 Å². The summed E-state index contributed by atoms with van der Waals surface area (Å²) in [6.45, 7) is 4.87. The lowest BCUT2D eigenvalue weighted by molar-refractivity contribution is -0.129. The zero-order valence-electron chi connectivity index (χ0n) is 18.3. The molecule has 2 aromatic carbocycles. The van der Waals surface area contributed by atoms with Gasteiger partial charge in [-0.1, -0.05) is 25.1 Å². The largest absolute Gasteiger partial charge is 0.490 e. The molecule has 32 heavy (non-hydrogen) atoms. The van der Waals surface area contributed by atoms with Crippen LogP contribution in [-0.2, 0) is 26.0 Å². The molecular formula is C23H28N2O6S. The molecule has 0 unspecified atom stereocenters. The number of hydrogen-bond donors (Lipinski definition) is 0. The van der Waals surface area contributed by atoms with Crippen molar-refractivity contribution < 1.29 is 27.5 Å². The van der Waals surface area contributed by atoms with Crippen LogP contribution in [0.5, 0.6) is 5.75 Å². The predicted molar refractivity (Wildman–Crippen MR) is 119 cm³/mol. The van der Waals surface area contributed by atoms with Gasteiger partial charge in [0.15, 0.2) is 0 Å². The minimum Gasteiger partial charge on any atom is -0.490 e. The van der Waals surface area contributed by atoms with E-state index in [2.05, 4.69) is 6.92 Å². The first-order chi connectivity index (χ1) is 15.3. The van der Waals surface area contributed by atoms with Crippen LogP contribution in [0.25, 0.3) is 0 Å². The molecule has 1 heterocycles.